The Balaban J connectivity index is 1.86. The van der Waals surface area contributed by atoms with Gasteiger partial charge in [0, 0.05) is 13.6 Å². The topological polar surface area (TPSA) is 114 Å². The van der Waals surface area contributed by atoms with E-state index in [1.54, 1.807) is 30.5 Å². The highest BCUT2D eigenvalue weighted by Gasteiger charge is 2.51. The molecule has 4 rings (SSSR count). The van der Waals surface area contributed by atoms with Gasteiger partial charge in [-0.15, -0.1) is 0 Å². The number of hydrazine groups is 2. The third-order valence-corrected chi connectivity index (χ3v) is 3.90. The number of hydrogen-bond donors (Lipinski definition) is 2. The molecular weight excluding hydrogens is 302 g/mol. The molecule has 3 aliphatic heterocycles. The number of rotatable bonds is 3. The standard InChI is InChI=1S/C13H15N7O3/c1-17-13(22)18(4-5-21)12-16-11-10(20(12)17)9(15-7-19(11)14)8-3-2-6-23-8/h2-3,6-7,12,21H,4-5,14H2,1H3. The van der Waals surface area contributed by atoms with E-state index in [2.05, 4.69) is 9.98 Å². The van der Waals surface area contributed by atoms with Gasteiger partial charge in [-0.1, -0.05) is 0 Å². The molecule has 4 heterocycles. The Morgan fingerprint density at radius 3 is 3.00 bits per heavy atom. The van der Waals surface area contributed by atoms with Crippen LogP contribution in [0.5, 0.6) is 0 Å². The predicted molar refractivity (Wildman–Crippen MR) is 80.2 cm³/mol. The Kier molecular flexibility index (Phi) is 2.89. The van der Waals surface area contributed by atoms with Gasteiger partial charge in [0.2, 0.25) is 6.29 Å². The zero-order chi connectivity index (χ0) is 16.1. The van der Waals surface area contributed by atoms with Crippen molar-refractivity contribution in [2.45, 2.75) is 6.29 Å². The van der Waals surface area contributed by atoms with Crippen LogP contribution in [0.2, 0.25) is 0 Å². The summed E-state index contributed by atoms with van der Waals surface area (Å²) < 4.78 is 5.43. The van der Waals surface area contributed by atoms with E-state index >= 15 is 0 Å². The first kappa shape index (κ1) is 13.8. The number of aliphatic imine (C=N–C) groups is 2. The van der Waals surface area contributed by atoms with Crippen LogP contribution in [0.3, 0.4) is 0 Å². The van der Waals surface area contributed by atoms with Crippen molar-refractivity contribution in [3.8, 4) is 0 Å². The van der Waals surface area contributed by atoms with E-state index in [9.17, 15) is 9.90 Å². The van der Waals surface area contributed by atoms with Gasteiger partial charge in [0.05, 0.1) is 12.9 Å². The third kappa shape index (κ3) is 1.79. The van der Waals surface area contributed by atoms with E-state index in [0.717, 1.165) is 0 Å². The first-order chi connectivity index (χ1) is 11.1. The quantitative estimate of drug-likeness (QED) is 0.722. The van der Waals surface area contributed by atoms with E-state index in [1.807, 2.05) is 0 Å². The summed E-state index contributed by atoms with van der Waals surface area (Å²) in [5, 5.41) is 13.6. The average Bonchev–Trinajstić information content (AvgIpc) is 3.23. The Labute approximate surface area is 131 Å². The molecule has 3 aliphatic rings. The number of carbonyl (C=O) groups is 1. The number of amides is 2. The van der Waals surface area contributed by atoms with Crippen LogP contribution in [-0.2, 0) is 0 Å². The molecule has 10 heteroatoms. The van der Waals surface area contributed by atoms with Crippen molar-refractivity contribution in [1.82, 2.24) is 19.9 Å². The smallest absolute Gasteiger partial charge is 0.341 e. The number of aliphatic hydroxyl groups excluding tert-OH is 1. The first-order valence-corrected chi connectivity index (χ1v) is 7.02. The van der Waals surface area contributed by atoms with Gasteiger partial charge in [0.1, 0.15) is 17.7 Å². The zero-order valence-corrected chi connectivity index (χ0v) is 12.3. The van der Waals surface area contributed by atoms with Crippen molar-refractivity contribution >= 4 is 23.9 Å². The lowest BCUT2D eigenvalue weighted by Gasteiger charge is -2.28. The number of β-amino-alcohol motifs (C(OH)–C–C–N with tert-alkyl or cyclic N) is 1. The molecule has 0 spiro atoms. The summed E-state index contributed by atoms with van der Waals surface area (Å²) >= 11 is 0. The number of nitrogens with two attached hydrogens (primary N) is 1. The molecule has 1 atom stereocenters. The van der Waals surface area contributed by atoms with Gasteiger partial charge in [-0.2, -0.15) is 0 Å². The molecule has 0 bridgehead atoms. The lowest BCUT2D eigenvalue weighted by atomic mass is 10.2. The minimum atomic E-state index is -0.595. The normalized spacial score (nSPS) is 23.0. The van der Waals surface area contributed by atoms with Gasteiger partial charge >= 0.3 is 6.03 Å². The van der Waals surface area contributed by atoms with Crippen LogP contribution in [0.25, 0.3) is 5.70 Å². The number of furan rings is 1. The van der Waals surface area contributed by atoms with E-state index in [4.69, 9.17) is 10.3 Å². The van der Waals surface area contributed by atoms with Gasteiger partial charge in [0.25, 0.3) is 0 Å². The molecule has 10 nitrogen and oxygen atoms in total. The van der Waals surface area contributed by atoms with Gasteiger partial charge in [-0.05, 0) is 12.1 Å². The van der Waals surface area contributed by atoms with Crippen LogP contribution in [-0.4, -0.2) is 69.7 Å². The number of hydrogen-bond acceptors (Lipinski definition) is 8. The summed E-state index contributed by atoms with van der Waals surface area (Å²) in [5.41, 5.74) is 1.13. The molecule has 0 saturated carbocycles. The maximum Gasteiger partial charge on any atom is 0.341 e. The lowest BCUT2D eigenvalue weighted by Crippen LogP contribution is -2.44. The van der Waals surface area contributed by atoms with Crippen LogP contribution in [0.15, 0.2) is 38.5 Å². The Bertz CT molecular complexity index is 739. The summed E-state index contributed by atoms with van der Waals surface area (Å²) in [5.74, 6) is 6.97. The molecule has 23 heavy (non-hydrogen) atoms. The molecule has 0 radical (unpaired) electrons. The van der Waals surface area contributed by atoms with E-state index < -0.39 is 6.29 Å². The Morgan fingerprint density at radius 2 is 2.30 bits per heavy atom. The van der Waals surface area contributed by atoms with Gasteiger partial charge in [0.15, 0.2) is 11.6 Å². The Hall–Kier alpha value is -2.85. The maximum atomic E-state index is 12.4. The molecule has 1 unspecified atom stereocenters. The number of nitrogens with zero attached hydrogens (tertiary/aromatic N) is 6. The molecule has 1 fully saturated rings. The SMILES string of the molecule is CN1C(=O)N(CCO)C2N=C3C(=C(c4ccco4)N=CN3N)N21. The predicted octanol–water partition coefficient (Wildman–Crippen LogP) is -0.562. The van der Waals surface area contributed by atoms with Crippen molar-refractivity contribution in [1.29, 1.82) is 0 Å². The second kappa shape index (κ2) is 4.83. The van der Waals surface area contributed by atoms with Crippen LogP contribution < -0.4 is 5.84 Å². The molecule has 1 saturated heterocycles. The molecule has 120 valence electrons. The number of urea groups is 1. The minimum Gasteiger partial charge on any atom is -0.463 e. The number of aliphatic hydroxyl groups is 1. The van der Waals surface area contributed by atoms with E-state index in [1.165, 1.54) is 21.3 Å². The summed E-state index contributed by atoms with van der Waals surface area (Å²) in [6.07, 6.45) is 2.40. The Morgan fingerprint density at radius 1 is 1.48 bits per heavy atom. The summed E-state index contributed by atoms with van der Waals surface area (Å²) in [4.78, 5) is 22.7. The fourth-order valence-electron chi connectivity index (χ4n) is 2.88. The second-order valence-electron chi connectivity index (χ2n) is 5.19. The minimum absolute atomic E-state index is 0.151. The lowest BCUT2D eigenvalue weighted by molar-refractivity contribution is 0.0830. The molecule has 0 aromatic carbocycles. The van der Waals surface area contributed by atoms with Crippen LogP contribution in [0, 0.1) is 0 Å². The van der Waals surface area contributed by atoms with Crippen LogP contribution in [0.1, 0.15) is 5.76 Å². The molecule has 1 aromatic heterocycles. The van der Waals surface area contributed by atoms with Gasteiger partial charge in [-0.3, -0.25) is 4.90 Å². The first-order valence-electron chi connectivity index (χ1n) is 7.02. The molecule has 2 amide bonds. The van der Waals surface area contributed by atoms with Crippen molar-refractivity contribution < 1.29 is 14.3 Å². The molecular formula is C13H15N7O3. The largest absolute Gasteiger partial charge is 0.463 e. The van der Waals surface area contributed by atoms with Crippen molar-refractivity contribution in [3.63, 3.8) is 0 Å². The average molecular weight is 317 g/mol. The third-order valence-electron chi connectivity index (χ3n) is 3.90. The summed E-state index contributed by atoms with van der Waals surface area (Å²) in [6, 6.07) is 3.28. The van der Waals surface area contributed by atoms with Crippen LogP contribution >= 0.6 is 0 Å². The number of carbonyl (C=O) groups excluding carboxylic acids is 1. The molecule has 3 N–H and O–H groups in total. The zero-order valence-electron chi connectivity index (χ0n) is 12.3. The fraction of sp³-hybridized carbons (Fsp3) is 0.308. The number of fused-ring (bicyclic) bond motifs is 3. The van der Waals surface area contributed by atoms with Crippen molar-refractivity contribution in [3.05, 3.63) is 29.9 Å². The fourth-order valence-corrected chi connectivity index (χ4v) is 2.88. The van der Waals surface area contributed by atoms with E-state index in [-0.39, 0.29) is 19.2 Å². The van der Waals surface area contributed by atoms with Crippen molar-refractivity contribution in [2.24, 2.45) is 15.8 Å². The maximum absolute atomic E-state index is 12.4. The van der Waals surface area contributed by atoms with Crippen molar-refractivity contribution in [2.75, 3.05) is 20.2 Å². The molecule has 0 aliphatic carbocycles. The second-order valence-corrected chi connectivity index (χ2v) is 5.19. The summed E-state index contributed by atoms with van der Waals surface area (Å²) in [7, 11) is 1.64. The molecule has 1 aromatic rings. The van der Waals surface area contributed by atoms with E-state index in [0.29, 0.717) is 23.0 Å². The van der Waals surface area contributed by atoms with Gasteiger partial charge < -0.3 is 9.52 Å². The monoisotopic (exact) mass is 317 g/mol. The summed E-state index contributed by atoms with van der Waals surface area (Å²) in [6.45, 7) is 0.0254. The number of amidine groups is 1. The van der Waals surface area contributed by atoms with Crippen LogP contribution in [0.4, 0.5) is 4.79 Å². The highest BCUT2D eigenvalue weighted by molar-refractivity contribution is 6.12. The highest BCUT2D eigenvalue weighted by Crippen LogP contribution is 2.38. The highest BCUT2D eigenvalue weighted by atomic mass is 16.3. The van der Waals surface area contributed by atoms with Gasteiger partial charge in [-0.25, -0.2) is 35.6 Å².